The largest absolute Gasteiger partial charge is 0.486 e. The van der Waals surface area contributed by atoms with Crippen molar-refractivity contribution in [2.24, 2.45) is 0 Å². The van der Waals surface area contributed by atoms with Gasteiger partial charge in [0, 0.05) is 11.1 Å². The molecule has 0 amide bonds. The van der Waals surface area contributed by atoms with E-state index >= 15 is 0 Å². The summed E-state index contributed by atoms with van der Waals surface area (Å²) in [6.07, 6.45) is 0. The molecule has 1 heterocycles. The number of ketones is 1. The summed E-state index contributed by atoms with van der Waals surface area (Å²) < 4.78 is 16.9. The maximum Gasteiger partial charge on any atom is 0.193 e. The fourth-order valence-electron chi connectivity index (χ4n) is 2.84. The topological polar surface area (TPSA) is 44.8 Å². The van der Waals surface area contributed by atoms with Gasteiger partial charge in [-0.2, -0.15) is 0 Å². The van der Waals surface area contributed by atoms with Gasteiger partial charge in [0.2, 0.25) is 0 Å². The number of carbonyl (C=O) groups is 1. The van der Waals surface area contributed by atoms with Crippen molar-refractivity contribution < 1.29 is 19.0 Å². The summed E-state index contributed by atoms with van der Waals surface area (Å²) in [6, 6.07) is 20.2. The predicted molar refractivity (Wildman–Crippen MR) is 98.6 cm³/mol. The average Bonchev–Trinajstić information content (AvgIpc) is 2.68. The van der Waals surface area contributed by atoms with E-state index in [-0.39, 0.29) is 5.78 Å². The average molecular weight is 346 g/mol. The number of hydrogen-bond acceptors (Lipinski definition) is 4. The molecule has 130 valence electrons. The van der Waals surface area contributed by atoms with Gasteiger partial charge in [0.15, 0.2) is 17.3 Å². The van der Waals surface area contributed by atoms with Gasteiger partial charge in [-0.15, -0.1) is 0 Å². The van der Waals surface area contributed by atoms with Gasteiger partial charge in [-0.05, 0) is 67.1 Å². The molecule has 4 rings (SSSR count). The van der Waals surface area contributed by atoms with Crippen molar-refractivity contribution in [3.8, 4) is 23.0 Å². The van der Waals surface area contributed by atoms with Gasteiger partial charge >= 0.3 is 0 Å². The molecule has 0 atom stereocenters. The molecule has 3 aromatic carbocycles. The van der Waals surface area contributed by atoms with Crippen molar-refractivity contribution in [2.75, 3.05) is 13.2 Å². The lowest BCUT2D eigenvalue weighted by Crippen LogP contribution is -2.15. The summed E-state index contributed by atoms with van der Waals surface area (Å²) in [7, 11) is 0. The minimum Gasteiger partial charge on any atom is -0.486 e. The van der Waals surface area contributed by atoms with Crippen LogP contribution in [-0.4, -0.2) is 19.0 Å². The number of hydrogen-bond donors (Lipinski definition) is 0. The Bertz CT molecular complexity index is 945. The zero-order valence-electron chi connectivity index (χ0n) is 14.4. The Morgan fingerprint density at radius 3 is 2.31 bits per heavy atom. The van der Waals surface area contributed by atoms with E-state index in [4.69, 9.17) is 14.2 Å². The summed E-state index contributed by atoms with van der Waals surface area (Å²) in [5.41, 5.74) is 2.30. The number of ether oxygens (including phenoxy) is 3. The van der Waals surface area contributed by atoms with Gasteiger partial charge in [-0.25, -0.2) is 0 Å². The van der Waals surface area contributed by atoms with Crippen LogP contribution in [0.15, 0.2) is 66.7 Å². The van der Waals surface area contributed by atoms with Crippen LogP contribution in [-0.2, 0) is 0 Å². The van der Waals surface area contributed by atoms with E-state index in [1.54, 1.807) is 42.5 Å². The van der Waals surface area contributed by atoms with Crippen LogP contribution >= 0.6 is 0 Å². The molecule has 0 unspecified atom stereocenters. The molecule has 0 radical (unpaired) electrons. The molecule has 0 saturated carbocycles. The van der Waals surface area contributed by atoms with Crippen LogP contribution < -0.4 is 14.2 Å². The van der Waals surface area contributed by atoms with Gasteiger partial charge in [-0.1, -0.05) is 12.1 Å². The highest BCUT2D eigenvalue weighted by molar-refractivity contribution is 6.09. The second-order valence-electron chi connectivity index (χ2n) is 6.13. The van der Waals surface area contributed by atoms with Crippen LogP contribution in [0.25, 0.3) is 0 Å². The predicted octanol–water partition coefficient (Wildman–Crippen LogP) is 4.79. The van der Waals surface area contributed by atoms with Crippen LogP contribution in [0, 0.1) is 6.92 Å². The van der Waals surface area contributed by atoms with Crippen molar-refractivity contribution in [3.05, 3.63) is 83.4 Å². The molecular weight excluding hydrogens is 328 g/mol. The van der Waals surface area contributed by atoms with Gasteiger partial charge in [0.05, 0.1) is 0 Å². The molecule has 0 aromatic heterocycles. The standard InChI is InChI=1S/C22H18O4/c1-15-3-2-4-19(13-15)26-18-8-5-16(6-9-18)22(23)17-7-10-20-21(14-17)25-12-11-24-20/h2-10,13-14H,11-12H2,1H3. The molecule has 0 N–H and O–H groups in total. The second kappa shape index (κ2) is 6.92. The Labute approximate surface area is 152 Å². The smallest absolute Gasteiger partial charge is 0.193 e. The van der Waals surface area contributed by atoms with Gasteiger partial charge in [0.1, 0.15) is 24.7 Å². The Morgan fingerprint density at radius 1 is 0.808 bits per heavy atom. The van der Waals surface area contributed by atoms with Crippen molar-refractivity contribution >= 4 is 5.78 Å². The third-order valence-electron chi connectivity index (χ3n) is 4.15. The number of carbonyl (C=O) groups excluding carboxylic acids is 1. The number of fused-ring (bicyclic) bond motifs is 1. The Hall–Kier alpha value is -3.27. The number of rotatable bonds is 4. The molecule has 0 aliphatic carbocycles. The molecule has 3 aromatic rings. The van der Waals surface area contributed by atoms with E-state index < -0.39 is 0 Å². The van der Waals surface area contributed by atoms with Gasteiger partial charge in [-0.3, -0.25) is 4.79 Å². The van der Waals surface area contributed by atoms with E-state index in [2.05, 4.69) is 0 Å². The van der Waals surface area contributed by atoms with Gasteiger partial charge < -0.3 is 14.2 Å². The Balaban J connectivity index is 1.52. The first kappa shape index (κ1) is 16.2. The highest BCUT2D eigenvalue weighted by Gasteiger charge is 2.16. The van der Waals surface area contributed by atoms with Crippen LogP contribution in [0.2, 0.25) is 0 Å². The Kier molecular flexibility index (Phi) is 4.32. The Morgan fingerprint density at radius 2 is 1.54 bits per heavy atom. The SMILES string of the molecule is Cc1cccc(Oc2ccc(C(=O)c3ccc4c(c3)OCCO4)cc2)c1. The van der Waals surface area contributed by atoms with E-state index in [1.807, 2.05) is 31.2 Å². The minimum absolute atomic E-state index is 0.0657. The molecule has 0 bridgehead atoms. The molecule has 4 nitrogen and oxygen atoms in total. The lowest BCUT2D eigenvalue weighted by Gasteiger charge is -2.18. The third-order valence-corrected chi connectivity index (χ3v) is 4.15. The zero-order valence-corrected chi connectivity index (χ0v) is 14.4. The normalized spacial score (nSPS) is 12.5. The fraction of sp³-hybridized carbons (Fsp3) is 0.136. The van der Waals surface area contributed by atoms with Crippen LogP contribution in [0.1, 0.15) is 21.5 Å². The maximum atomic E-state index is 12.7. The second-order valence-corrected chi connectivity index (χ2v) is 6.13. The van der Waals surface area contributed by atoms with Crippen molar-refractivity contribution in [1.29, 1.82) is 0 Å². The molecule has 0 spiro atoms. The lowest BCUT2D eigenvalue weighted by molar-refractivity contribution is 0.103. The summed E-state index contributed by atoms with van der Waals surface area (Å²) in [6.45, 7) is 3.04. The van der Waals surface area contributed by atoms with Crippen LogP contribution in [0.5, 0.6) is 23.0 Å². The quantitative estimate of drug-likeness (QED) is 0.637. The van der Waals surface area contributed by atoms with Crippen molar-refractivity contribution in [1.82, 2.24) is 0 Å². The summed E-state index contributed by atoms with van der Waals surface area (Å²) in [5, 5.41) is 0. The minimum atomic E-state index is -0.0657. The third kappa shape index (κ3) is 3.40. The summed E-state index contributed by atoms with van der Waals surface area (Å²) in [5.74, 6) is 2.69. The van der Waals surface area contributed by atoms with Gasteiger partial charge in [0.25, 0.3) is 0 Å². The molecule has 4 heteroatoms. The first-order chi connectivity index (χ1) is 12.7. The van der Waals surface area contributed by atoms with E-state index in [1.165, 1.54) is 0 Å². The fourth-order valence-corrected chi connectivity index (χ4v) is 2.84. The molecule has 1 aliphatic rings. The van der Waals surface area contributed by atoms with E-state index in [0.29, 0.717) is 41.6 Å². The summed E-state index contributed by atoms with van der Waals surface area (Å²) in [4.78, 5) is 12.7. The monoisotopic (exact) mass is 346 g/mol. The van der Waals surface area contributed by atoms with Crippen molar-refractivity contribution in [3.63, 3.8) is 0 Å². The van der Waals surface area contributed by atoms with Crippen molar-refractivity contribution in [2.45, 2.75) is 6.92 Å². The molecule has 1 aliphatic heterocycles. The molecule has 26 heavy (non-hydrogen) atoms. The highest BCUT2D eigenvalue weighted by Crippen LogP contribution is 2.31. The lowest BCUT2D eigenvalue weighted by atomic mass is 10.0. The first-order valence-electron chi connectivity index (χ1n) is 8.48. The summed E-state index contributed by atoms with van der Waals surface area (Å²) >= 11 is 0. The number of aryl methyl sites for hydroxylation is 1. The first-order valence-corrected chi connectivity index (χ1v) is 8.48. The highest BCUT2D eigenvalue weighted by atomic mass is 16.6. The van der Waals surface area contributed by atoms with E-state index in [0.717, 1.165) is 11.3 Å². The van der Waals surface area contributed by atoms with Crippen LogP contribution in [0.4, 0.5) is 0 Å². The molecule has 0 fully saturated rings. The molecular formula is C22H18O4. The van der Waals surface area contributed by atoms with Crippen LogP contribution in [0.3, 0.4) is 0 Å². The number of benzene rings is 3. The maximum absolute atomic E-state index is 12.7. The zero-order chi connectivity index (χ0) is 17.9. The molecule has 0 saturated heterocycles. The van der Waals surface area contributed by atoms with E-state index in [9.17, 15) is 4.79 Å².